The SMILES string of the molecule is O=C(NI)C1CCCCC1. The summed E-state index contributed by atoms with van der Waals surface area (Å²) in [5.74, 6) is 0.533. The lowest BCUT2D eigenvalue weighted by molar-refractivity contribution is -0.123. The Morgan fingerprint density at radius 2 is 1.90 bits per heavy atom. The molecule has 0 radical (unpaired) electrons. The van der Waals surface area contributed by atoms with Crippen LogP contribution in [0.15, 0.2) is 0 Å². The maximum atomic E-state index is 11.0. The van der Waals surface area contributed by atoms with Crippen LogP contribution in [0.4, 0.5) is 0 Å². The Kier molecular flexibility index (Phi) is 3.45. The Balaban J connectivity index is 2.31. The smallest absolute Gasteiger partial charge is 0.231 e. The summed E-state index contributed by atoms with van der Waals surface area (Å²) in [5, 5.41) is 0. The van der Waals surface area contributed by atoms with Gasteiger partial charge in [-0.1, -0.05) is 19.3 Å². The monoisotopic (exact) mass is 253 g/mol. The molecule has 1 N–H and O–H groups in total. The number of hydrogen-bond donors (Lipinski definition) is 1. The van der Waals surface area contributed by atoms with Gasteiger partial charge in [-0.05, 0) is 12.8 Å². The van der Waals surface area contributed by atoms with E-state index in [9.17, 15) is 4.79 Å². The molecule has 1 aliphatic carbocycles. The van der Waals surface area contributed by atoms with E-state index in [1.165, 1.54) is 19.3 Å². The van der Waals surface area contributed by atoms with Crippen LogP contribution in [0.3, 0.4) is 0 Å². The lowest BCUT2D eigenvalue weighted by Crippen LogP contribution is -2.25. The zero-order chi connectivity index (χ0) is 7.40. The molecule has 0 atom stereocenters. The summed E-state index contributed by atoms with van der Waals surface area (Å²) < 4.78 is 2.67. The van der Waals surface area contributed by atoms with E-state index < -0.39 is 0 Å². The summed E-state index contributed by atoms with van der Waals surface area (Å²) in [6, 6.07) is 0. The molecule has 58 valence electrons. The molecule has 0 aromatic rings. The Hall–Kier alpha value is 0.200. The fourth-order valence-corrected chi connectivity index (χ4v) is 1.88. The molecule has 1 fully saturated rings. The van der Waals surface area contributed by atoms with Crippen molar-refractivity contribution in [2.45, 2.75) is 32.1 Å². The van der Waals surface area contributed by atoms with Gasteiger partial charge in [0.1, 0.15) is 0 Å². The number of hydrogen-bond acceptors (Lipinski definition) is 1. The van der Waals surface area contributed by atoms with E-state index in [4.69, 9.17) is 0 Å². The lowest BCUT2D eigenvalue weighted by Gasteiger charge is -2.18. The largest absolute Gasteiger partial charge is 0.299 e. The molecule has 0 aliphatic heterocycles. The zero-order valence-electron chi connectivity index (χ0n) is 5.90. The molecular formula is C7H12INO. The van der Waals surface area contributed by atoms with Gasteiger partial charge in [0, 0.05) is 5.92 Å². The molecule has 1 rings (SSSR count). The van der Waals surface area contributed by atoms with Crippen molar-refractivity contribution in [3.63, 3.8) is 0 Å². The van der Waals surface area contributed by atoms with Crippen molar-refractivity contribution >= 4 is 28.8 Å². The molecule has 1 aliphatic rings. The van der Waals surface area contributed by atoms with E-state index in [2.05, 4.69) is 3.53 Å². The molecule has 1 amide bonds. The molecular weight excluding hydrogens is 241 g/mol. The summed E-state index contributed by atoms with van der Waals surface area (Å²) in [4.78, 5) is 11.0. The summed E-state index contributed by atoms with van der Waals surface area (Å²) >= 11 is 1.92. The van der Waals surface area contributed by atoms with Crippen molar-refractivity contribution in [3.8, 4) is 0 Å². The minimum Gasteiger partial charge on any atom is -0.299 e. The van der Waals surface area contributed by atoms with Gasteiger partial charge in [0.15, 0.2) is 0 Å². The number of nitrogens with one attached hydrogen (secondary N) is 1. The third-order valence-corrected chi connectivity index (χ3v) is 2.60. The summed E-state index contributed by atoms with van der Waals surface area (Å²) in [7, 11) is 0. The first kappa shape index (κ1) is 8.30. The molecule has 0 aromatic heterocycles. The Labute approximate surface area is 75.3 Å². The van der Waals surface area contributed by atoms with Crippen molar-refractivity contribution in [3.05, 3.63) is 0 Å². The number of rotatable bonds is 1. The number of halogens is 1. The van der Waals surface area contributed by atoms with Gasteiger partial charge in [-0.25, -0.2) is 0 Å². The second-order valence-corrected chi connectivity index (χ2v) is 3.33. The summed E-state index contributed by atoms with van der Waals surface area (Å²) in [6.45, 7) is 0. The molecule has 0 heterocycles. The van der Waals surface area contributed by atoms with E-state index in [0.717, 1.165) is 12.8 Å². The van der Waals surface area contributed by atoms with Crippen LogP contribution < -0.4 is 3.53 Å². The van der Waals surface area contributed by atoms with Gasteiger partial charge >= 0.3 is 0 Å². The topological polar surface area (TPSA) is 29.1 Å². The van der Waals surface area contributed by atoms with Crippen molar-refractivity contribution in [2.24, 2.45) is 5.92 Å². The maximum absolute atomic E-state index is 11.0. The van der Waals surface area contributed by atoms with Gasteiger partial charge in [0.2, 0.25) is 5.91 Å². The van der Waals surface area contributed by atoms with E-state index in [1.807, 2.05) is 22.9 Å². The van der Waals surface area contributed by atoms with Crippen LogP contribution in [0.1, 0.15) is 32.1 Å². The quantitative estimate of drug-likeness (QED) is 0.562. The predicted octanol–water partition coefficient (Wildman–Crippen LogP) is 2.03. The third-order valence-electron chi connectivity index (χ3n) is 2.07. The Morgan fingerprint density at radius 1 is 1.30 bits per heavy atom. The predicted molar refractivity (Wildman–Crippen MR) is 48.7 cm³/mol. The zero-order valence-corrected chi connectivity index (χ0v) is 8.06. The average Bonchev–Trinajstić information content (AvgIpc) is 2.05. The molecule has 2 nitrogen and oxygen atoms in total. The lowest BCUT2D eigenvalue weighted by atomic mass is 9.89. The van der Waals surface area contributed by atoms with Crippen LogP contribution in [0.25, 0.3) is 0 Å². The minimum absolute atomic E-state index is 0.223. The van der Waals surface area contributed by atoms with Crippen LogP contribution >= 0.6 is 22.9 Å². The van der Waals surface area contributed by atoms with Crippen molar-refractivity contribution < 1.29 is 4.79 Å². The van der Waals surface area contributed by atoms with Crippen LogP contribution in [0.5, 0.6) is 0 Å². The maximum Gasteiger partial charge on any atom is 0.231 e. The van der Waals surface area contributed by atoms with E-state index in [0.29, 0.717) is 5.92 Å². The first-order chi connectivity index (χ1) is 4.84. The third kappa shape index (κ3) is 2.11. The van der Waals surface area contributed by atoms with E-state index in [1.54, 1.807) is 0 Å². The van der Waals surface area contributed by atoms with Gasteiger partial charge < -0.3 is 0 Å². The number of amides is 1. The normalized spacial score (nSPS) is 20.5. The van der Waals surface area contributed by atoms with Crippen molar-refractivity contribution in [2.75, 3.05) is 0 Å². The highest BCUT2D eigenvalue weighted by Gasteiger charge is 2.19. The molecule has 0 unspecified atom stereocenters. The first-order valence-electron chi connectivity index (χ1n) is 3.75. The first-order valence-corrected chi connectivity index (χ1v) is 4.83. The second kappa shape index (κ2) is 4.16. The minimum atomic E-state index is 0.223. The standard InChI is InChI=1S/C7H12INO/c8-9-7(10)6-4-2-1-3-5-6/h6H,1-5H2,(H,9,10). The highest BCUT2D eigenvalue weighted by Crippen LogP contribution is 2.23. The number of carbonyl (C=O) groups is 1. The van der Waals surface area contributed by atoms with Gasteiger partial charge in [0.05, 0.1) is 22.9 Å². The van der Waals surface area contributed by atoms with Crippen LogP contribution in [-0.4, -0.2) is 5.91 Å². The average molecular weight is 253 g/mol. The van der Waals surface area contributed by atoms with Gasteiger partial charge in [-0.15, -0.1) is 0 Å². The molecule has 10 heavy (non-hydrogen) atoms. The molecule has 3 heteroatoms. The van der Waals surface area contributed by atoms with Crippen LogP contribution in [-0.2, 0) is 4.79 Å². The summed E-state index contributed by atoms with van der Waals surface area (Å²) in [5.41, 5.74) is 0. The molecule has 0 saturated heterocycles. The highest BCUT2D eigenvalue weighted by atomic mass is 127. The highest BCUT2D eigenvalue weighted by molar-refractivity contribution is 14.1. The molecule has 0 spiro atoms. The Morgan fingerprint density at radius 3 is 2.40 bits per heavy atom. The van der Waals surface area contributed by atoms with Gasteiger partial charge in [-0.3, -0.25) is 8.32 Å². The Bertz CT molecular complexity index is 121. The van der Waals surface area contributed by atoms with E-state index >= 15 is 0 Å². The van der Waals surface area contributed by atoms with Gasteiger partial charge in [-0.2, -0.15) is 0 Å². The number of carbonyl (C=O) groups excluding carboxylic acids is 1. The van der Waals surface area contributed by atoms with Crippen molar-refractivity contribution in [1.29, 1.82) is 0 Å². The van der Waals surface area contributed by atoms with Crippen LogP contribution in [0.2, 0.25) is 0 Å². The molecule has 0 aromatic carbocycles. The van der Waals surface area contributed by atoms with Crippen molar-refractivity contribution in [1.82, 2.24) is 3.53 Å². The fourth-order valence-electron chi connectivity index (χ4n) is 1.44. The molecule has 1 saturated carbocycles. The summed E-state index contributed by atoms with van der Waals surface area (Å²) in [6.07, 6.45) is 5.96. The fraction of sp³-hybridized carbons (Fsp3) is 0.857. The van der Waals surface area contributed by atoms with Crippen LogP contribution in [0, 0.1) is 5.92 Å². The molecule has 0 bridgehead atoms. The van der Waals surface area contributed by atoms with E-state index in [-0.39, 0.29) is 5.91 Å². The second-order valence-electron chi connectivity index (χ2n) is 2.79. The van der Waals surface area contributed by atoms with Gasteiger partial charge in [0.25, 0.3) is 0 Å².